The second kappa shape index (κ2) is 4.10. The standard InChI is InChI=1S/C8H13NO4S/c1-6(8(10)11)14(12,13)9-7-4-2-3-5-7/h2-3,6-7,9H,4-5H2,1H3,(H,10,11). The van der Waals surface area contributed by atoms with Crippen molar-refractivity contribution in [3.05, 3.63) is 12.2 Å². The average molecular weight is 219 g/mol. The largest absolute Gasteiger partial charge is 0.480 e. The topological polar surface area (TPSA) is 83.5 Å². The van der Waals surface area contributed by atoms with E-state index in [9.17, 15) is 13.2 Å². The Labute approximate surface area is 82.9 Å². The Morgan fingerprint density at radius 3 is 2.43 bits per heavy atom. The van der Waals surface area contributed by atoms with E-state index in [2.05, 4.69) is 4.72 Å². The lowest BCUT2D eigenvalue weighted by Crippen LogP contribution is -2.42. The summed E-state index contributed by atoms with van der Waals surface area (Å²) in [5.74, 6) is -1.33. The van der Waals surface area contributed by atoms with Gasteiger partial charge in [0.05, 0.1) is 0 Å². The molecule has 0 amide bonds. The number of hydrogen-bond acceptors (Lipinski definition) is 3. The Hall–Kier alpha value is -0.880. The number of carbonyl (C=O) groups is 1. The van der Waals surface area contributed by atoms with Crippen LogP contribution >= 0.6 is 0 Å². The summed E-state index contributed by atoms with van der Waals surface area (Å²) >= 11 is 0. The second-order valence-electron chi connectivity index (χ2n) is 3.28. The monoisotopic (exact) mass is 219 g/mol. The minimum absolute atomic E-state index is 0.179. The van der Waals surface area contributed by atoms with Crippen LogP contribution in [0.3, 0.4) is 0 Å². The van der Waals surface area contributed by atoms with Gasteiger partial charge in [0.1, 0.15) is 0 Å². The van der Waals surface area contributed by atoms with Crippen LogP contribution in [0.2, 0.25) is 0 Å². The van der Waals surface area contributed by atoms with Crippen LogP contribution in [0.5, 0.6) is 0 Å². The van der Waals surface area contributed by atoms with E-state index in [4.69, 9.17) is 5.11 Å². The highest BCUT2D eigenvalue weighted by atomic mass is 32.2. The molecule has 2 N–H and O–H groups in total. The number of sulfonamides is 1. The molecule has 6 heteroatoms. The minimum Gasteiger partial charge on any atom is -0.480 e. The first-order chi connectivity index (χ1) is 6.43. The normalized spacial score (nSPS) is 19.8. The predicted molar refractivity (Wildman–Crippen MR) is 51.3 cm³/mol. The Kier molecular flexibility index (Phi) is 3.28. The third-order valence-corrected chi connectivity index (χ3v) is 3.95. The van der Waals surface area contributed by atoms with Crippen LogP contribution in [-0.4, -0.2) is 30.8 Å². The van der Waals surface area contributed by atoms with Gasteiger partial charge in [0, 0.05) is 6.04 Å². The highest BCUT2D eigenvalue weighted by Gasteiger charge is 2.29. The summed E-state index contributed by atoms with van der Waals surface area (Å²) in [5, 5.41) is 7.16. The molecule has 0 aromatic rings. The van der Waals surface area contributed by atoms with Crippen molar-refractivity contribution in [2.45, 2.75) is 31.1 Å². The summed E-state index contributed by atoms with van der Waals surface area (Å²) in [6.07, 6.45) is 5.01. The maximum Gasteiger partial charge on any atom is 0.323 e. The molecule has 1 rings (SSSR count). The number of aliphatic carboxylic acids is 1. The van der Waals surface area contributed by atoms with Gasteiger partial charge >= 0.3 is 5.97 Å². The summed E-state index contributed by atoms with van der Waals surface area (Å²) in [7, 11) is -3.73. The lowest BCUT2D eigenvalue weighted by Gasteiger charge is -2.14. The second-order valence-corrected chi connectivity index (χ2v) is 5.32. The molecule has 80 valence electrons. The van der Waals surface area contributed by atoms with E-state index >= 15 is 0 Å². The first kappa shape index (κ1) is 11.2. The number of carboxylic acid groups (broad SMARTS) is 1. The summed E-state index contributed by atoms with van der Waals surface area (Å²) in [5.41, 5.74) is 0. The minimum atomic E-state index is -3.73. The van der Waals surface area contributed by atoms with Gasteiger partial charge in [0.2, 0.25) is 10.0 Å². The smallest absolute Gasteiger partial charge is 0.323 e. The number of hydrogen-bond donors (Lipinski definition) is 2. The van der Waals surface area contributed by atoms with Gasteiger partial charge in [-0.15, -0.1) is 0 Å². The number of rotatable bonds is 4. The van der Waals surface area contributed by atoms with Crippen LogP contribution in [0.25, 0.3) is 0 Å². The van der Waals surface area contributed by atoms with Crippen molar-refractivity contribution in [1.29, 1.82) is 0 Å². The Bertz CT molecular complexity index is 338. The van der Waals surface area contributed by atoms with Crippen molar-refractivity contribution >= 4 is 16.0 Å². The van der Waals surface area contributed by atoms with E-state index in [1.165, 1.54) is 0 Å². The molecule has 1 unspecified atom stereocenters. The zero-order valence-corrected chi connectivity index (χ0v) is 8.62. The van der Waals surface area contributed by atoms with Crippen LogP contribution in [0.15, 0.2) is 12.2 Å². The Morgan fingerprint density at radius 1 is 1.50 bits per heavy atom. The first-order valence-corrected chi connectivity index (χ1v) is 5.87. The molecule has 0 aromatic carbocycles. The van der Waals surface area contributed by atoms with Crippen molar-refractivity contribution in [1.82, 2.24) is 4.72 Å². The average Bonchev–Trinajstić information content (AvgIpc) is 2.54. The van der Waals surface area contributed by atoms with E-state index < -0.39 is 21.2 Å². The van der Waals surface area contributed by atoms with Gasteiger partial charge in [0.15, 0.2) is 5.25 Å². The van der Waals surface area contributed by atoms with Crippen molar-refractivity contribution in [2.75, 3.05) is 0 Å². The molecule has 0 aliphatic heterocycles. The van der Waals surface area contributed by atoms with Gasteiger partial charge in [-0.1, -0.05) is 12.2 Å². The van der Waals surface area contributed by atoms with Gasteiger partial charge in [0.25, 0.3) is 0 Å². The molecule has 14 heavy (non-hydrogen) atoms. The maximum absolute atomic E-state index is 11.4. The zero-order chi connectivity index (χ0) is 10.8. The molecule has 0 aromatic heterocycles. The quantitative estimate of drug-likeness (QED) is 0.657. The van der Waals surface area contributed by atoms with E-state index in [0.717, 1.165) is 6.92 Å². The molecule has 1 atom stereocenters. The third-order valence-electron chi connectivity index (χ3n) is 2.15. The highest BCUT2D eigenvalue weighted by molar-refractivity contribution is 7.90. The van der Waals surface area contributed by atoms with Crippen molar-refractivity contribution < 1.29 is 18.3 Å². The van der Waals surface area contributed by atoms with Crippen LogP contribution in [0, 0.1) is 0 Å². The lowest BCUT2D eigenvalue weighted by atomic mass is 10.3. The molecule has 0 saturated carbocycles. The van der Waals surface area contributed by atoms with E-state index in [1.807, 2.05) is 12.2 Å². The molecule has 5 nitrogen and oxygen atoms in total. The highest BCUT2D eigenvalue weighted by Crippen LogP contribution is 2.12. The van der Waals surface area contributed by atoms with Gasteiger partial charge in [-0.05, 0) is 19.8 Å². The molecule has 0 heterocycles. The van der Waals surface area contributed by atoms with Crippen molar-refractivity contribution in [3.63, 3.8) is 0 Å². The third kappa shape index (κ3) is 2.55. The fourth-order valence-corrected chi connectivity index (χ4v) is 2.31. The molecule has 0 saturated heterocycles. The lowest BCUT2D eigenvalue weighted by molar-refractivity contribution is -0.136. The van der Waals surface area contributed by atoms with Gasteiger partial charge in [-0.25, -0.2) is 13.1 Å². The van der Waals surface area contributed by atoms with Crippen LogP contribution in [0.4, 0.5) is 0 Å². The molecule has 1 aliphatic carbocycles. The number of nitrogens with one attached hydrogen (secondary N) is 1. The number of carboxylic acids is 1. The van der Waals surface area contributed by atoms with E-state index in [0.29, 0.717) is 12.8 Å². The SMILES string of the molecule is CC(C(=O)O)S(=O)(=O)NC1CC=CC1. The maximum atomic E-state index is 11.4. The van der Waals surface area contributed by atoms with E-state index in [1.54, 1.807) is 0 Å². The van der Waals surface area contributed by atoms with Gasteiger partial charge in [-0.2, -0.15) is 0 Å². The molecule has 1 aliphatic rings. The fourth-order valence-electron chi connectivity index (χ4n) is 1.18. The van der Waals surface area contributed by atoms with E-state index in [-0.39, 0.29) is 6.04 Å². The Balaban J connectivity index is 2.62. The zero-order valence-electron chi connectivity index (χ0n) is 7.80. The van der Waals surface area contributed by atoms with Crippen LogP contribution < -0.4 is 4.72 Å². The first-order valence-electron chi connectivity index (χ1n) is 4.32. The molecular weight excluding hydrogens is 206 g/mol. The summed E-state index contributed by atoms with van der Waals surface area (Å²) in [6, 6.07) is -0.179. The van der Waals surface area contributed by atoms with Crippen molar-refractivity contribution in [2.24, 2.45) is 0 Å². The molecular formula is C8H13NO4S. The Morgan fingerprint density at radius 2 is 2.00 bits per heavy atom. The predicted octanol–water partition coefficient (Wildman–Crippen LogP) is 0.0975. The van der Waals surface area contributed by atoms with Gasteiger partial charge in [-0.3, -0.25) is 4.79 Å². The van der Waals surface area contributed by atoms with Crippen molar-refractivity contribution in [3.8, 4) is 0 Å². The molecule has 0 bridgehead atoms. The molecule has 0 radical (unpaired) electrons. The summed E-state index contributed by atoms with van der Waals surface area (Å²) in [4.78, 5) is 10.5. The van der Waals surface area contributed by atoms with Gasteiger partial charge < -0.3 is 5.11 Å². The summed E-state index contributed by atoms with van der Waals surface area (Å²) in [6.45, 7) is 1.16. The molecule has 0 spiro atoms. The molecule has 0 fully saturated rings. The summed E-state index contributed by atoms with van der Waals surface area (Å²) < 4.78 is 25.2. The van der Waals surface area contributed by atoms with Crippen LogP contribution in [0.1, 0.15) is 19.8 Å². The van der Waals surface area contributed by atoms with Crippen LogP contribution in [-0.2, 0) is 14.8 Å². The fraction of sp³-hybridized carbons (Fsp3) is 0.625.